The summed E-state index contributed by atoms with van der Waals surface area (Å²) >= 11 is 0. The third kappa shape index (κ3) is 4.90. The molecular formula is C23H25NO3. The molecule has 4 nitrogen and oxygen atoms in total. The predicted octanol–water partition coefficient (Wildman–Crippen LogP) is 3.65. The number of ketones is 1. The minimum atomic E-state index is -0.00428. The number of nitrogens with zero attached hydrogens (tertiary/aromatic N) is 1. The van der Waals surface area contributed by atoms with E-state index in [0.717, 1.165) is 31.5 Å². The van der Waals surface area contributed by atoms with E-state index >= 15 is 0 Å². The van der Waals surface area contributed by atoms with Gasteiger partial charge in [0.15, 0.2) is 17.3 Å². The fraction of sp³-hybridized carbons (Fsp3) is 0.348. The number of carbonyl (C=O) groups excluding carboxylic acids is 1. The number of methoxy groups -OCH3 is 2. The molecule has 0 amide bonds. The Bertz CT molecular complexity index is 836. The van der Waals surface area contributed by atoms with Gasteiger partial charge in [-0.15, -0.1) is 0 Å². The second kappa shape index (κ2) is 9.25. The molecule has 1 aliphatic rings. The molecule has 0 bridgehead atoms. The highest BCUT2D eigenvalue weighted by atomic mass is 16.5. The number of piperidine rings is 1. The lowest BCUT2D eigenvalue weighted by molar-refractivity contribution is 0.0833. The van der Waals surface area contributed by atoms with Gasteiger partial charge in [-0.05, 0) is 49.7 Å². The number of hydrogen-bond donors (Lipinski definition) is 0. The molecule has 0 radical (unpaired) electrons. The van der Waals surface area contributed by atoms with Crippen LogP contribution in [0.4, 0.5) is 0 Å². The molecule has 1 fully saturated rings. The molecule has 3 rings (SSSR count). The summed E-state index contributed by atoms with van der Waals surface area (Å²) in [7, 11) is 3.18. The normalized spacial score (nSPS) is 16.9. The Morgan fingerprint density at radius 3 is 2.63 bits per heavy atom. The van der Waals surface area contributed by atoms with E-state index in [1.807, 2.05) is 36.4 Å². The van der Waals surface area contributed by atoms with Crippen molar-refractivity contribution in [3.05, 3.63) is 59.7 Å². The quantitative estimate of drug-likeness (QED) is 0.600. The van der Waals surface area contributed by atoms with Gasteiger partial charge in [0, 0.05) is 23.6 Å². The maximum atomic E-state index is 12.9. The van der Waals surface area contributed by atoms with Crippen LogP contribution in [-0.4, -0.2) is 44.5 Å². The minimum Gasteiger partial charge on any atom is -0.493 e. The van der Waals surface area contributed by atoms with Crippen LogP contribution in [-0.2, 0) is 0 Å². The van der Waals surface area contributed by atoms with Gasteiger partial charge >= 0.3 is 0 Å². The van der Waals surface area contributed by atoms with Gasteiger partial charge in [0.25, 0.3) is 0 Å². The summed E-state index contributed by atoms with van der Waals surface area (Å²) in [6, 6.07) is 15.4. The Labute approximate surface area is 161 Å². The standard InChI is InChI=1S/C23H25NO3/c1-26-21-13-12-19(16-22(21)27-2)23(25)20-11-7-15-24(17-20)14-6-10-18-8-4-3-5-9-18/h3-5,8-9,12-13,16,20H,7,11,14-15,17H2,1-2H3/t20-/m1/s1. The maximum absolute atomic E-state index is 12.9. The number of Topliss-reactive ketones (excluding diaryl/α,β-unsaturated/α-hetero) is 1. The van der Waals surface area contributed by atoms with E-state index < -0.39 is 0 Å². The fourth-order valence-electron chi connectivity index (χ4n) is 3.41. The first-order valence-electron chi connectivity index (χ1n) is 9.23. The molecule has 2 aromatic carbocycles. The molecule has 0 N–H and O–H groups in total. The lowest BCUT2D eigenvalue weighted by atomic mass is 9.90. The average molecular weight is 363 g/mol. The number of hydrogen-bond acceptors (Lipinski definition) is 4. The van der Waals surface area contributed by atoms with Crippen molar-refractivity contribution in [2.75, 3.05) is 33.9 Å². The van der Waals surface area contributed by atoms with Gasteiger partial charge in [-0.1, -0.05) is 30.0 Å². The van der Waals surface area contributed by atoms with Crippen molar-refractivity contribution in [1.29, 1.82) is 0 Å². The van der Waals surface area contributed by atoms with Crippen molar-refractivity contribution in [3.63, 3.8) is 0 Å². The highest BCUT2D eigenvalue weighted by molar-refractivity contribution is 5.98. The van der Waals surface area contributed by atoms with E-state index in [4.69, 9.17) is 9.47 Å². The molecule has 4 heteroatoms. The largest absolute Gasteiger partial charge is 0.493 e. The van der Waals surface area contributed by atoms with Gasteiger partial charge < -0.3 is 9.47 Å². The summed E-state index contributed by atoms with van der Waals surface area (Å²) in [5, 5.41) is 0. The first kappa shape index (κ1) is 19.0. The summed E-state index contributed by atoms with van der Waals surface area (Å²) in [5.74, 6) is 7.80. The fourth-order valence-corrected chi connectivity index (χ4v) is 3.41. The van der Waals surface area contributed by atoms with Crippen LogP contribution in [0.5, 0.6) is 11.5 Å². The lowest BCUT2D eigenvalue weighted by Gasteiger charge is -2.30. The van der Waals surface area contributed by atoms with Crippen LogP contribution in [0.2, 0.25) is 0 Å². The van der Waals surface area contributed by atoms with Gasteiger partial charge in [0.2, 0.25) is 0 Å². The van der Waals surface area contributed by atoms with E-state index in [9.17, 15) is 4.79 Å². The number of carbonyl (C=O) groups is 1. The zero-order chi connectivity index (χ0) is 19.1. The van der Waals surface area contributed by atoms with Crippen molar-refractivity contribution in [2.45, 2.75) is 12.8 Å². The number of benzene rings is 2. The Balaban J connectivity index is 1.64. The zero-order valence-corrected chi connectivity index (χ0v) is 15.9. The third-order valence-corrected chi connectivity index (χ3v) is 4.85. The first-order chi connectivity index (χ1) is 13.2. The Morgan fingerprint density at radius 1 is 1.11 bits per heavy atom. The van der Waals surface area contributed by atoms with Gasteiger partial charge in [-0.2, -0.15) is 0 Å². The molecule has 27 heavy (non-hydrogen) atoms. The number of likely N-dealkylation sites (tertiary alicyclic amines) is 1. The molecule has 1 aliphatic heterocycles. The van der Waals surface area contributed by atoms with Crippen LogP contribution in [0.3, 0.4) is 0 Å². The Morgan fingerprint density at radius 2 is 1.89 bits per heavy atom. The summed E-state index contributed by atoms with van der Waals surface area (Å²) in [5.41, 5.74) is 1.70. The van der Waals surface area contributed by atoms with Crippen LogP contribution in [0.25, 0.3) is 0 Å². The van der Waals surface area contributed by atoms with E-state index in [1.54, 1.807) is 26.4 Å². The summed E-state index contributed by atoms with van der Waals surface area (Å²) < 4.78 is 10.6. The molecule has 0 aliphatic carbocycles. The van der Waals surface area contributed by atoms with E-state index in [1.165, 1.54) is 0 Å². The second-order valence-corrected chi connectivity index (χ2v) is 6.68. The summed E-state index contributed by atoms with van der Waals surface area (Å²) in [6.07, 6.45) is 1.92. The Kier molecular flexibility index (Phi) is 6.51. The molecule has 0 unspecified atom stereocenters. The zero-order valence-electron chi connectivity index (χ0n) is 15.9. The Hall–Kier alpha value is -2.77. The van der Waals surface area contributed by atoms with Crippen LogP contribution in [0.1, 0.15) is 28.8 Å². The van der Waals surface area contributed by atoms with Crippen LogP contribution < -0.4 is 9.47 Å². The minimum absolute atomic E-state index is 0.00428. The average Bonchev–Trinajstić information content (AvgIpc) is 2.73. The molecule has 0 aromatic heterocycles. The molecule has 140 valence electrons. The van der Waals surface area contributed by atoms with Crippen molar-refractivity contribution >= 4 is 5.78 Å². The van der Waals surface area contributed by atoms with E-state index in [2.05, 4.69) is 16.7 Å². The smallest absolute Gasteiger partial charge is 0.167 e. The van der Waals surface area contributed by atoms with Crippen LogP contribution in [0, 0.1) is 17.8 Å². The van der Waals surface area contributed by atoms with Crippen molar-refractivity contribution in [1.82, 2.24) is 4.90 Å². The van der Waals surface area contributed by atoms with Crippen molar-refractivity contribution in [3.8, 4) is 23.3 Å². The molecule has 2 aromatic rings. The maximum Gasteiger partial charge on any atom is 0.167 e. The topological polar surface area (TPSA) is 38.8 Å². The molecule has 1 heterocycles. The van der Waals surface area contributed by atoms with Gasteiger partial charge in [-0.25, -0.2) is 0 Å². The number of rotatable bonds is 5. The predicted molar refractivity (Wildman–Crippen MR) is 106 cm³/mol. The van der Waals surface area contributed by atoms with Crippen molar-refractivity contribution in [2.24, 2.45) is 5.92 Å². The molecule has 1 saturated heterocycles. The molecular weight excluding hydrogens is 338 g/mol. The van der Waals surface area contributed by atoms with Crippen LogP contribution >= 0.6 is 0 Å². The van der Waals surface area contributed by atoms with Crippen LogP contribution in [0.15, 0.2) is 48.5 Å². The summed E-state index contributed by atoms with van der Waals surface area (Å²) in [6.45, 7) is 2.42. The highest BCUT2D eigenvalue weighted by Gasteiger charge is 2.26. The number of ether oxygens (including phenoxy) is 2. The summed E-state index contributed by atoms with van der Waals surface area (Å²) in [4.78, 5) is 15.2. The second-order valence-electron chi connectivity index (χ2n) is 6.68. The van der Waals surface area contributed by atoms with Gasteiger partial charge in [0.1, 0.15) is 0 Å². The molecule has 1 atom stereocenters. The first-order valence-corrected chi connectivity index (χ1v) is 9.23. The van der Waals surface area contributed by atoms with E-state index in [0.29, 0.717) is 23.6 Å². The molecule has 0 spiro atoms. The SMILES string of the molecule is COc1ccc(C(=O)[C@@H]2CCCN(CC#Cc3ccccc3)C2)cc1OC. The highest BCUT2D eigenvalue weighted by Crippen LogP contribution is 2.29. The van der Waals surface area contributed by atoms with Gasteiger partial charge in [-0.3, -0.25) is 9.69 Å². The monoisotopic (exact) mass is 363 g/mol. The van der Waals surface area contributed by atoms with Gasteiger partial charge in [0.05, 0.1) is 20.8 Å². The third-order valence-electron chi connectivity index (χ3n) is 4.85. The molecule has 0 saturated carbocycles. The van der Waals surface area contributed by atoms with E-state index in [-0.39, 0.29) is 11.7 Å². The lowest BCUT2D eigenvalue weighted by Crippen LogP contribution is -2.38. The van der Waals surface area contributed by atoms with Crippen molar-refractivity contribution < 1.29 is 14.3 Å².